The number of carbonyl (C=O) groups is 1. The third-order valence-corrected chi connectivity index (χ3v) is 3.97. The second-order valence-electron chi connectivity index (χ2n) is 5.97. The maximum absolute atomic E-state index is 12.9. The van der Waals surface area contributed by atoms with Crippen LogP contribution < -0.4 is 11.1 Å². The van der Waals surface area contributed by atoms with Crippen LogP contribution in [0, 0.1) is 13.8 Å². The quantitative estimate of drug-likeness (QED) is 0.745. The number of benzene rings is 1. The van der Waals surface area contributed by atoms with Gasteiger partial charge in [-0.1, -0.05) is 0 Å². The Hall–Kier alpha value is -3.10. The summed E-state index contributed by atoms with van der Waals surface area (Å²) < 4.78 is 40.4. The van der Waals surface area contributed by atoms with Crippen molar-refractivity contribution in [1.29, 1.82) is 0 Å². The first kappa shape index (κ1) is 17.7. The van der Waals surface area contributed by atoms with Gasteiger partial charge >= 0.3 is 6.18 Å². The molecule has 0 saturated carbocycles. The van der Waals surface area contributed by atoms with Crippen molar-refractivity contribution in [1.82, 2.24) is 14.5 Å². The number of primary amides is 1. The van der Waals surface area contributed by atoms with Crippen molar-refractivity contribution in [3.63, 3.8) is 0 Å². The standard InChI is InChI=1S/C17H16F3N5O/c1-9-5-11(17(18,19)20)6-10(2)14(9)24-16-15-12(3-4-22-16)25(8-23-15)7-13(21)26/h3-6,8H,7H2,1-2H3,(H2,21,26)(H,22,24). The first-order valence-corrected chi connectivity index (χ1v) is 7.70. The van der Waals surface area contributed by atoms with Gasteiger partial charge in [-0.25, -0.2) is 9.97 Å². The fourth-order valence-electron chi connectivity index (χ4n) is 2.82. The average Bonchev–Trinajstić information content (AvgIpc) is 2.93. The highest BCUT2D eigenvalue weighted by Crippen LogP contribution is 2.35. The highest BCUT2D eigenvalue weighted by Gasteiger charge is 2.31. The molecule has 3 rings (SSSR count). The van der Waals surface area contributed by atoms with Crippen LogP contribution in [0.3, 0.4) is 0 Å². The molecule has 3 aromatic rings. The highest BCUT2D eigenvalue weighted by atomic mass is 19.4. The van der Waals surface area contributed by atoms with Crippen molar-refractivity contribution in [2.24, 2.45) is 5.73 Å². The molecule has 6 nitrogen and oxygen atoms in total. The van der Waals surface area contributed by atoms with Crippen molar-refractivity contribution < 1.29 is 18.0 Å². The third kappa shape index (κ3) is 3.32. The topological polar surface area (TPSA) is 85.8 Å². The van der Waals surface area contributed by atoms with Gasteiger partial charge in [0.15, 0.2) is 5.82 Å². The summed E-state index contributed by atoms with van der Waals surface area (Å²) in [5.74, 6) is -0.123. The van der Waals surface area contributed by atoms with Crippen LogP contribution >= 0.6 is 0 Å². The predicted octanol–water partition coefficient (Wildman–Crippen LogP) is 3.30. The molecular formula is C17H16F3N5O. The fourth-order valence-corrected chi connectivity index (χ4v) is 2.82. The number of halogens is 3. The number of aryl methyl sites for hydroxylation is 2. The molecule has 2 heterocycles. The molecule has 0 saturated heterocycles. The predicted molar refractivity (Wildman–Crippen MR) is 90.9 cm³/mol. The van der Waals surface area contributed by atoms with Gasteiger partial charge in [-0.15, -0.1) is 0 Å². The minimum absolute atomic E-state index is 0.0295. The number of nitrogens with one attached hydrogen (secondary N) is 1. The Morgan fingerprint density at radius 1 is 1.23 bits per heavy atom. The van der Waals surface area contributed by atoms with Gasteiger partial charge in [0.1, 0.15) is 12.1 Å². The molecule has 0 spiro atoms. The van der Waals surface area contributed by atoms with E-state index >= 15 is 0 Å². The summed E-state index contributed by atoms with van der Waals surface area (Å²) in [6.07, 6.45) is -1.41. The summed E-state index contributed by atoms with van der Waals surface area (Å²) in [6.45, 7) is 3.16. The van der Waals surface area contributed by atoms with Gasteiger partial charge in [0.25, 0.3) is 0 Å². The molecule has 2 aromatic heterocycles. The summed E-state index contributed by atoms with van der Waals surface area (Å²) in [6, 6.07) is 3.85. The normalized spacial score (nSPS) is 11.7. The van der Waals surface area contributed by atoms with Crippen LogP contribution in [-0.4, -0.2) is 20.4 Å². The lowest BCUT2D eigenvalue weighted by atomic mass is 10.0. The molecule has 0 aliphatic carbocycles. The Morgan fingerprint density at radius 3 is 2.46 bits per heavy atom. The number of fused-ring (bicyclic) bond motifs is 1. The molecule has 3 N–H and O–H groups in total. The van der Waals surface area contributed by atoms with Crippen LogP contribution in [0.4, 0.5) is 24.7 Å². The lowest BCUT2D eigenvalue weighted by Crippen LogP contribution is -2.17. The number of nitrogens with zero attached hydrogens (tertiary/aromatic N) is 3. The fraction of sp³-hybridized carbons (Fsp3) is 0.235. The van der Waals surface area contributed by atoms with E-state index < -0.39 is 17.6 Å². The molecular weight excluding hydrogens is 347 g/mol. The number of anilines is 2. The average molecular weight is 363 g/mol. The van der Waals surface area contributed by atoms with Crippen molar-refractivity contribution in [2.75, 3.05) is 5.32 Å². The number of carbonyl (C=O) groups excluding carboxylic acids is 1. The van der Waals surface area contributed by atoms with E-state index in [0.29, 0.717) is 33.7 Å². The molecule has 26 heavy (non-hydrogen) atoms. The Labute approximate surface area is 146 Å². The van der Waals surface area contributed by atoms with E-state index in [1.807, 2.05) is 0 Å². The smallest absolute Gasteiger partial charge is 0.368 e. The number of nitrogens with two attached hydrogens (primary N) is 1. The van der Waals surface area contributed by atoms with Gasteiger partial charge in [0, 0.05) is 11.9 Å². The molecule has 0 atom stereocenters. The van der Waals surface area contributed by atoms with Gasteiger partial charge in [-0.3, -0.25) is 4.79 Å². The largest absolute Gasteiger partial charge is 0.416 e. The SMILES string of the molecule is Cc1cc(C(F)(F)F)cc(C)c1Nc1nccc2c1ncn2CC(N)=O. The summed E-state index contributed by atoms with van der Waals surface area (Å²) in [5, 5.41) is 3.06. The minimum Gasteiger partial charge on any atom is -0.368 e. The number of rotatable bonds is 4. The van der Waals surface area contributed by atoms with Gasteiger partial charge in [-0.05, 0) is 43.2 Å². The van der Waals surface area contributed by atoms with Crippen LogP contribution in [0.2, 0.25) is 0 Å². The minimum atomic E-state index is -4.40. The first-order valence-electron chi connectivity index (χ1n) is 7.70. The van der Waals surface area contributed by atoms with Crippen molar-refractivity contribution in [3.8, 4) is 0 Å². The maximum atomic E-state index is 12.9. The summed E-state index contributed by atoms with van der Waals surface area (Å²) >= 11 is 0. The van der Waals surface area contributed by atoms with Crippen LogP contribution in [0.5, 0.6) is 0 Å². The molecule has 0 aliphatic heterocycles. The Morgan fingerprint density at radius 2 is 1.88 bits per heavy atom. The van der Waals surface area contributed by atoms with E-state index in [1.54, 1.807) is 24.5 Å². The first-order chi connectivity index (χ1) is 12.2. The van der Waals surface area contributed by atoms with Crippen LogP contribution in [0.15, 0.2) is 30.7 Å². The van der Waals surface area contributed by atoms with E-state index in [-0.39, 0.29) is 6.54 Å². The second kappa shape index (κ2) is 6.32. The van der Waals surface area contributed by atoms with Crippen molar-refractivity contribution >= 4 is 28.4 Å². The zero-order valence-corrected chi connectivity index (χ0v) is 14.1. The number of amides is 1. The Balaban J connectivity index is 2.02. The van der Waals surface area contributed by atoms with E-state index in [0.717, 1.165) is 12.1 Å². The zero-order valence-electron chi connectivity index (χ0n) is 14.1. The molecule has 0 bridgehead atoms. The molecule has 0 fully saturated rings. The summed E-state index contributed by atoms with van der Waals surface area (Å²) in [4.78, 5) is 19.6. The molecule has 1 amide bonds. The number of pyridine rings is 1. The van der Waals surface area contributed by atoms with Crippen molar-refractivity contribution in [3.05, 3.63) is 47.4 Å². The highest BCUT2D eigenvalue weighted by molar-refractivity contribution is 5.89. The number of aromatic nitrogens is 3. The van der Waals surface area contributed by atoms with Crippen LogP contribution in [-0.2, 0) is 17.5 Å². The molecule has 136 valence electrons. The van der Waals surface area contributed by atoms with Gasteiger partial charge < -0.3 is 15.6 Å². The van der Waals surface area contributed by atoms with Gasteiger partial charge in [0.05, 0.1) is 17.4 Å². The lowest BCUT2D eigenvalue weighted by molar-refractivity contribution is -0.137. The third-order valence-electron chi connectivity index (χ3n) is 3.97. The van der Waals surface area contributed by atoms with Crippen molar-refractivity contribution in [2.45, 2.75) is 26.6 Å². The molecule has 0 unspecified atom stereocenters. The van der Waals surface area contributed by atoms with Crippen LogP contribution in [0.1, 0.15) is 16.7 Å². The summed E-state index contributed by atoms with van der Waals surface area (Å²) in [5.41, 5.74) is 7.06. The molecule has 9 heteroatoms. The molecule has 1 aromatic carbocycles. The number of imidazole rings is 1. The Kier molecular flexibility index (Phi) is 4.31. The number of hydrogen-bond donors (Lipinski definition) is 2. The van der Waals surface area contributed by atoms with Gasteiger partial charge in [-0.2, -0.15) is 13.2 Å². The summed E-state index contributed by atoms with van der Waals surface area (Å²) in [7, 11) is 0. The van der Waals surface area contributed by atoms with E-state index in [1.165, 1.54) is 12.5 Å². The number of hydrogen-bond acceptors (Lipinski definition) is 4. The van der Waals surface area contributed by atoms with E-state index in [2.05, 4.69) is 15.3 Å². The maximum Gasteiger partial charge on any atom is 0.416 e. The van der Waals surface area contributed by atoms with Crippen LogP contribution in [0.25, 0.3) is 11.0 Å². The molecule has 0 aliphatic rings. The van der Waals surface area contributed by atoms with E-state index in [4.69, 9.17) is 5.73 Å². The molecule has 0 radical (unpaired) electrons. The Bertz CT molecular complexity index is 971. The second-order valence-corrected chi connectivity index (χ2v) is 5.97. The lowest BCUT2D eigenvalue weighted by Gasteiger charge is -2.16. The zero-order chi connectivity index (χ0) is 19.1. The number of alkyl halides is 3. The van der Waals surface area contributed by atoms with Gasteiger partial charge in [0.2, 0.25) is 5.91 Å². The monoisotopic (exact) mass is 363 g/mol. The van der Waals surface area contributed by atoms with E-state index in [9.17, 15) is 18.0 Å².